The first-order valence-electron chi connectivity index (χ1n) is 9.35. The van der Waals surface area contributed by atoms with Gasteiger partial charge in [-0.3, -0.25) is 4.79 Å². The van der Waals surface area contributed by atoms with Crippen molar-refractivity contribution in [3.05, 3.63) is 33.2 Å². The van der Waals surface area contributed by atoms with Crippen LogP contribution < -0.4 is 15.1 Å². The molecule has 27 heavy (non-hydrogen) atoms. The number of anilines is 3. The summed E-state index contributed by atoms with van der Waals surface area (Å²) >= 11 is 4.74. The lowest BCUT2D eigenvalue weighted by Crippen LogP contribution is -2.38. The predicted molar refractivity (Wildman–Crippen MR) is 113 cm³/mol. The fourth-order valence-corrected chi connectivity index (χ4v) is 4.68. The second kappa shape index (κ2) is 8.58. The number of piperidine rings is 1. The molecule has 0 aliphatic carbocycles. The van der Waals surface area contributed by atoms with Gasteiger partial charge in [-0.1, -0.05) is 6.07 Å². The Balaban J connectivity index is 1.67. The van der Waals surface area contributed by atoms with E-state index in [4.69, 9.17) is 4.74 Å². The van der Waals surface area contributed by atoms with Gasteiger partial charge in [0.15, 0.2) is 3.92 Å². The molecule has 0 radical (unpaired) electrons. The van der Waals surface area contributed by atoms with Gasteiger partial charge in [0.05, 0.1) is 30.3 Å². The third kappa shape index (κ3) is 4.28. The quantitative estimate of drug-likeness (QED) is 0.762. The van der Waals surface area contributed by atoms with Crippen molar-refractivity contribution in [1.29, 1.82) is 0 Å². The van der Waals surface area contributed by atoms with Crippen LogP contribution in [-0.4, -0.2) is 50.3 Å². The van der Waals surface area contributed by atoms with E-state index in [9.17, 15) is 4.79 Å². The van der Waals surface area contributed by atoms with Crippen LogP contribution in [0, 0.1) is 0 Å². The largest absolute Gasteiger partial charge is 0.378 e. The number of nitrogens with one attached hydrogen (secondary N) is 1. The molecule has 144 valence electrons. The van der Waals surface area contributed by atoms with Crippen molar-refractivity contribution in [2.45, 2.75) is 19.3 Å². The highest BCUT2D eigenvalue weighted by Crippen LogP contribution is 2.39. The molecule has 1 N–H and O–H groups in total. The molecule has 6 nitrogen and oxygen atoms in total. The zero-order valence-corrected chi connectivity index (χ0v) is 17.5. The van der Waals surface area contributed by atoms with Crippen molar-refractivity contribution in [3.8, 4) is 0 Å². The second-order valence-corrected chi connectivity index (χ2v) is 8.89. The Morgan fingerprint density at radius 3 is 2.59 bits per heavy atom. The molecule has 0 bridgehead atoms. The number of amides is 1. The van der Waals surface area contributed by atoms with Gasteiger partial charge in [-0.15, -0.1) is 11.3 Å². The Kier molecular flexibility index (Phi) is 5.95. The topological polar surface area (TPSA) is 57.7 Å². The maximum Gasteiger partial charge on any atom is 0.275 e. The van der Waals surface area contributed by atoms with Crippen LogP contribution in [0.4, 0.5) is 17.1 Å². The van der Waals surface area contributed by atoms with Crippen LogP contribution in [0.15, 0.2) is 27.5 Å². The Bertz CT molecular complexity index is 801. The number of carbonyl (C=O) groups is 1. The lowest BCUT2D eigenvalue weighted by Gasteiger charge is -2.37. The van der Waals surface area contributed by atoms with Gasteiger partial charge in [0, 0.05) is 31.6 Å². The van der Waals surface area contributed by atoms with Crippen LogP contribution in [-0.2, 0) is 4.74 Å². The predicted octanol–water partition coefficient (Wildman–Crippen LogP) is 3.98. The summed E-state index contributed by atoms with van der Waals surface area (Å²) in [5.74, 6) is -0.172. The standard InChI is InChI=1S/C19H23BrN4O2S/c20-19-22-15(13-27-19)18(25)21-14-5-4-6-16(23-9-11-26-12-10-23)17(14)24-7-2-1-3-8-24/h4-6,13H,1-3,7-12H2,(H,21,25). The second-order valence-electron chi connectivity index (χ2n) is 6.76. The molecule has 2 aromatic rings. The van der Waals surface area contributed by atoms with Crippen LogP contribution in [0.5, 0.6) is 0 Å². The van der Waals surface area contributed by atoms with E-state index in [0.29, 0.717) is 9.61 Å². The monoisotopic (exact) mass is 450 g/mol. The lowest BCUT2D eigenvalue weighted by molar-refractivity contribution is 0.102. The number of rotatable bonds is 4. The Hall–Kier alpha value is -1.64. The summed E-state index contributed by atoms with van der Waals surface area (Å²) in [4.78, 5) is 21.7. The highest BCUT2D eigenvalue weighted by atomic mass is 79.9. The van der Waals surface area contributed by atoms with Gasteiger partial charge in [0.2, 0.25) is 0 Å². The molecule has 4 rings (SSSR count). The molecule has 2 fully saturated rings. The molecule has 1 aromatic heterocycles. The summed E-state index contributed by atoms with van der Waals surface area (Å²) in [6.45, 7) is 5.26. The molecule has 2 aliphatic rings. The first kappa shape index (κ1) is 18.7. The highest BCUT2D eigenvalue weighted by Gasteiger charge is 2.24. The SMILES string of the molecule is O=C(Nc1cccc(N2CCOCC2)c1N1CCCCC1)c1csc(Br)n1. The molecule has 3 heterocycles. The van der Waals surface area contributed by atoms with Crippen molar-refractivity contribution < 1.29 is 9.53 Å². The molecule has 1 amide bonds. The number of carbonyl (C=O) groups excluding carboxylic acids is 1. The van der Waals surface area contributed by atoms with Gasteiger partial charge >= 0.3 is 0 Å². The molecule has 0 atom stereocenters. The first-order chi connectivity index (χ1) is 13.2. The van der Waals surface area contributed by atoms with E-state index in [1.807, 2.05) is 12.1 Å². The highest BCUT2D eigenvalue weighted by molar-refractivity contribution is 9.11. The summed E-state index contributed by atoms with van der Waals surface area (Å²) < 4.78 is 6.24. The van der Waals surface area contributed by atoms with E-state index in [2.05, 4.69) is 42.1 Å². The average molecular weight is 451 g/mol. The number of thiazole rings is 1. The molecule has 0 saturated carbocycles. The summed E-state index contributed by atoms with van der Waals surface area (Å²) in [5, 5.41) is 4.87. The van der Waals surface area contributed by atoms with Crippen molar-refractivity contribution in [1.82, 2.24) is 4.98 Å². The fourth-order valence-electron chi connectivity index (χ4n) is 3.68. The average Bonchev–Trinajstić information content (AvgIpc) is 3.16. The minimum Gasteiger partial charge on any atom is -0.378 e. The van der Waals surface area contributed by atoms with Crippen LogP contribution in [0.3, 0.4) is 0 Å². The van der Waals surface area contributed by atoms with Gasteiger partial charge in [-0.05, 0) is 47.3 Å². The van der Waals surface area contributed by atoms with Gasteiger partial charge in [-0.25, -0.2) is 4.98 Å². The number of para-hydroxylation sites is 1. The number of morpholine rings is 1. The maximum atomic E-state index is 12.7. The lowest BCUT2D eigenvalue weighted by atomic mass is 10.1. The summed E-state index contributed by atoms with van der Waals surface area (Å²) in [5.41, 5.74) is 3.60. The van der Waals surface area contributed by atoms with E-state index < -0.39 is 0 Å². The number of halogens is 1. The normalized spacial score (nSPS) is 17.8. The first-order valence-corrected chi connectivity index (χ1v) is 11.0. The Morgan fingerprint density at radius 1 is 1.11 bits per heavy atom. The number of benzene rings is 1. The summed E-state index contributed by atoms with van der Waals surface area (Å²) in [6.07, 6.45) is 3.64. The van der Waals surface area contributed by atoms with Crippen LogP contribution in [0.25, 0.3) is 0 Å². The zero-order chi connectivity index (χ0) is 18.6. The molecule has 2 aliphatic heterocycles. The van der Waals surface area contributed by atoms with Crippen LogP contribution in [0.1, 0.15) is 29.8 Å². The third-order valence-corrected chi connectivity index (χ3v) is 6.36. The molecule has 8 heteroatoms. The van der Waals surface area contributed by atoms with E-state index >= 15 is 0 Å². The van der Waals surface area contributed by atoms with Crippen molar-refractivity contribution in [2.75, 3.05) is 54.5 Å². The van der Waals surface area contributed by atoms with E-state index in [0.717, 1.165) is 50.8 Å². The number of ether oxygens (including phenoxy) is 1. The molecular weight excluding hydrogens is 428 g/mol. The molecule has 1 aromatic carbocycles. The minimum absolute atomic E-state index is 0.172. The molecular formula is C19H23BrN4O2S. The van der Waals surface area contributed by atoms with Crippen LogP contribution >= 0.6 is 27.3 Å². The van der Waals surface area contributed by atoms with Gasteiger partial charge < -0.3 is 19.9 Å². The molecule has 2 saturated heterocycles. The number of hydrogen-bond donors (Lipinski definition) is 1. The third-order valence-electron chi connectivity index (χ3n) is 5.00. The summed E-state index contributed by atoms with van der Waals surface area (Å²) in [7, 11) is 0. The number of nitrogens with zero attached hydrogens (tertiary/aromatic N) is 3. The van der Waals surface area contributed by atoms with E-state index in [1.165, 1.54) is 36.3 Å². The zero-order valence-electron chi connectivity index (χ0n) is 15.1. The summed E-state index contributed by atoms with van der Waals surface area (Å²) in [6, 6.07) is 6.17. The smallest absolute Gasteiger partial charge is 0.275 e. The van der Waals surface area contributed by atoms with E-state index in [1.54, 1.807) is 5.38 Å². The molecule has 0 unspecified atom stereocenters. The van der Waals surface area contributed by atoms with Crippen molar-refractivity contribution in [3.63, 3.8) is 0 Å². The van der Waals surface area contributed by atoms with Gasteiger partial charge in [0.1, 0.15) is 5.69 Å². The number of aromatic nitrogens is 1. The molecule has 0 spiro atoms. The number of hydrogen-bond acceptors (Lipinski definition) is 6. The maximum absolute atomic E-state index is 12.7. The van der Waals surface area contributed by atoms with E-state index in [-0.39, 0.29) is 5.91 Å². The Labute approximate surface area is 171 Å². The van der Waals surface area contributed by atoms with Crippen LogP contribution in [0.2, 0.25) is 0 Å². The van der Waals surface area contributed by atoms with Gasteiger partial charge in [-0.2, -0.15) is 0 Å². The van der Waals surface area contributed by atoms with Crippen molar-refractivity contribution in [2.24, 2.45) is 0 Å². The van der Waals surface area contributed by atoms with Crippen molar-refractivity contribution >= 4 is 50.2 Å². The Morgan fingerprint density at radius 2 is 1.89 bits per heavy atom. The fraction of sp³-hybridized carbons (Fsp3) is 0.474. The minimum atomic E-state index is -0.172. The van der Waals surface area contributed by atoms with Gasteiger partial charge in [0.25, 0.3) is 5.91 Å².